The molecule has 0 N–H and O–H groups in total. The van der Waals surface area contributed by atoms with Crippen molar-refractivity contribution in [3.05, 3.63) is 88.7 Å². The lowest BCUT2D eigenvalue weighted by atomic mass is 9.84. The summed E-state index contributed by atoms with van der Waals surface area (Å²) < 4.78 is 1.66. The third-order valence-electron chi connectivity index (χ3n) is 6.90. The van der Waals surface area contributed by atoms with Gasteiger partial charge in [-0.1, -0.05) is 35.9 Å². The predicted molar refractivity (Wildman–Crippen MR) is 134 cm³/mol. The molecule has 0 spiro atoms. The fourth-order valence-corrected chi connectivity index (χ4v) is 4.90. The molecule has 1 aliphatic rings. The summed E-state index contributed by atoms with van der Waals surface area (Å²) >= 11 is 5.97. The molecule has 2 aromatic carbocycles. The van der Waals surface area contributed by atoms with Crippen LogP contribution in [0.4, 0.5) is 0 Å². The first-order valence-electron chi connectivity index (χ1n) is 11.7. The number of carbonyl (C=O) groups excluding carboxylic acids is 2. The molecule has 1 saturated heterocycles. The summed E-state index contributed by atoms with van der Waals surface area (Å²) in [4.78, 5) is 29.9. The van der Waals surface area contributed by atoms with Crippen LogP contribution in [0.2, 0.25) is 5.02 Å². The van der Waals surface area contributed by atoms with Crippen molar-refractivity contribution in [2.45, 2.75) is 38.8 Å². The van der Waals surface area contributed by atoms with Crippen molar-refractivity contribution in [1.29, 1.82) is 0 Å². The van der Waals surface area contributed by atoms with Crippen LogP contribution in [0, 0.1) is 12.8 Å². The van der Waals surface area contributed by atoms with E-state index in [0.717, 1.165) is 19.3 Å². The highest BCUT2D eigenvalue weighted by Gasteiger charge is 2.33. The number of rotatable bonds is 7. The van der Waals surface area contributed by atoms with Crippen LogP contribution >= 0.6 is 11.6 Å². The average Bonchev–Trinajstić information content (AvgIpc) is 3.36. The molecule has 1 aliphatic heterocycles. The third-order valence-corrected chi connectivity index (χ3v) is 7.15. The molecular weight excluding hydrogens is 448 g/mol. The van der Waals surface area contributed by atoms with Crippen molar-refractivity contribution in [3.63, 3.8) is 0 Å². The molecular formula is C27H31ClN4O2. The SMILES string of the molecule is Cc1ccccc1CC(C1CCN(C(=O)c2ccc(Cl)cc2)CC1)N(C)C(=O)Cn1cccn1. The molecule has 0 aliphatic carbocycles. The molecule has 0 saturated carbocycles. The molecule has 2 amide bonds. The Morgan fingerprint density at radius 2 is 1.79 bits per heavy atom. The number of carbonyl (C=O) groups is 2. The van der Waals surface area contributed by atoms with Gasteiger partial charge in [-0.3, -0.25) is 14.3 Å². The Labute approximate surface area is 206 Å². The highest BCUT2D eigenvalue weighted by atomic mass is 35.5. The zero-order valence-corrected chi connectivity index (χ0v) is 20.5. The van der Waals surface area contributed by atoms with Crippen LogP contribution in [-0.4, -0.2) is 57.6 Å². The van der Waals surface area contributed by atoms with Gasteiger partial charge in [0.2, 0.25) is 5.91 Å². The largest absolute Gasteiger partial charge is 0.341 e. The normalized spacial score (nSPS) is 15.2. The lowest BCUT2D eigenvalue weighted by molar-refractivity contribution is -0.134. The van der Waals surface area contributed by atoms with Crippen LogP contribution in [0.15, 0.2) is 67.0 Å². The maximum absolute atomic E-state index is 13.1. The van der Waals surface area contributed by atoms with Crippen molar-refractivity contribution in [2.24, 2.45) is 5.92 Å². The first kappa shape index (κ1) is 24.0. The standard InChI is InChI=1S/C27H31ClN4O2/c1-20-6-3-4-7-23(20)18-25(30(2)26(33)19-32-15-5-14-29-32)21-12-16-31(17-13-21)27(34)22-8-10-24(28)11-9-22/h3-11,14-15,21,25H,12-13,16-19H2,1-2H3. The number of aryl methyl sites for hydroxylation is 1. The van der Waals surface area contributed by atoms with Crippen LogP contribution in [0.5, 0.6) is 0 Å². The minimum absolute atomic E-state index is 0.0358. The van der Waals surface area contributed by atoms with Crippen LogP contribution in [0.25, 0.3) is 0 Å². The lowest BCUT2D eigenvalue weighted by Crippen LogP contribution is -2.49. The Kier molecular flexibility index (Phi) is 7.68. The molecule has 1 aromatic heterocycles. The number of hydrogen-bond acceptors (Lipinski definition) is 3. The van der Waals surface area contributed by atoms with Gasteiger partial charge in [-0.15, -0.1) is 0 Å². The first-order valence-corrected chi connectivity index (χ1v) is 12.1. The summed E-state index contributed by atoms with van der Waals surface area (Å²) in [6.07, 6.45) is 6.00. The van der Waals surface area contributed by atoms with E-state index in [1.54, 1.807) is 35.1 Å². The van der Waals surface area contributed by atoms with Gasteiger partial charge in [0.25, 0.3) is 5.91 Å². The van der Waals surface area contributed by atoms with Gasteiger partial charge in [0.1, 0.15) is 6.54 Å². The number of benzene rings is 2. The molecule has 4 rings (SSSR count). The predicted octanol–water partition coefficient (Wildman–Crippen LogP) is 4.47. The van der Waals surface area contributed by atoms with Gasteiger partial charge >= 0.3 is 0 Å². The summed E-state index contributed by atoms with van der Waals surface area (Å²) in [6.45, 7) is 3.70. The number of halogens is 1. The molecule has 1 atom stereocenters. The zero-order valence-electron chi connectivity index (χ0n) is 19.7. The second kappa shape index (κ2) is 10.9. The van der Waals surface area contributed by atoms with E-state index in [2.05, 4.69) is 30.2 Å². The number of amides is 2. The molecule has 178 valence electrons. The maximum Gasteiger partial charge on any atom is 0.253 e. The third kappa shape index (κ3) is 5.68. The smallest absolute Gasteiger partial charge is 0.253 e. The van der Waals surface area contributed by atoms with E-state index in [1.165, 1.54) is 11.1 Å². The van der Waals surface area contributed by atoms with Gasteiger partial charge in [-0.05, 0) is 73.6 Å². The molecule has 7 heteroatoms. The van der Waals surface area contributed by atoms with Crippen molar-refractivity contribution >= 4 is 23.4 Å². The minimum atomic E-state index is 0.0358. The highest BCUT2D eigenvalue weighted by Crippen LogP contribution is 2.28. The van der Waals surface area contributed by atoms with Crippen LogP contribution < -0.4 is 0 Å². The number of likely N-dealkylation sites (tertiary alicyclic amines) is 1. The van der Waals surface area contributed by atoms with E-state index in [9.17, 15) is 9.59 Å². The number of hydrogen-bond donors (Lipinski definition) is 0. The van der Waals surface area contributed by atoms with Crippen molar-refractivity contribution in [2.75, 3.05) is 20.1 Å². The van der Waals surface area contributed by atoms with Gasteiger partial charge in [0.05, 0.1) is 0 Å². The van der Waals surface area contributed by atoms with E-state index < -0.39 is 0 Å². The fourth-order valence-electron chi connectivity index (χ4n) is 4.78. The van der Waals surface area contributed by atoms with E-state index in [-0.39, 0.29) is 24.4 Å². The molecule has 2 heterocycles. The van der Waals surface area contributed by atoms with E-state index >= 15 is 0 Å². The lowest BCUT2D eigenvalue weighted by Gasteiger charge is -2.40. The topological polar surface area (TPSA) is 58.4 Å². The summed E-state index contributed by atoms with van der Waals surface area (Å²) in [7, 11) is 1.90. The Hall–Kier alpha value is -3.12. The second-order valence-electron chi connectivity index (χ2n) is 9.04. The number of nitrogens with zero attached hydrogens (tertiary/aromatic N) is 4. The van der Waals surface area contributed by atoms with Gasteiger partial charge < -0.3 is 9.80 Å². The Morgan fingerprint density at radius 3 is 2.44 bits per heavy atom. The fraction of sp³-hybridized carbons (Fsp3) is 0.370. The van der Waals surface area contributed by atoms with Crippen LogP contribution in [0.1, 0.15) is 34.3 Å². The number of likely N-dealkylation sites (N-methyl/N-ethyl adjacent to an activating group) is 1. The summed E-state index contributed by atoms with van der Waals surface area (Å²) in [5, 5.41) is 4.81. The van der Waals surface area contributed by atoms with Crippen molar-refractivity contribution < 1.29 is 9.59 Å². The molecule has 1 fully saturated rings. The molecule has 0 bridgehead atoms. The minimum Gasteiger partial charge on any atom is -0.341 e. The first-order chi connectivity index (χ1) is 16.4. The average molecular weight is 479 g/mol. The number of aromatic nitrogens is 2. The second-order valence-corrected chi connectivity index (χ2v) is 9.48. The number of piperidine rings is 1. The van der Waals surface area contributed by atoms with Crippen molar-refractivity contribution in [3.8, 4) is 0 Å². The molecule has 0 radical (unpaired) electrons. The van der Waals surface area contributed by atoms with Gasteiger partial charge in [0, 0.05) is 49.2 Å². The molecule has 1 unspecified atom stereocenters. The summed E-state index contributed by atoms with van der Waals surface area (Å²) in [5.41, 5.74) is 3.15. The van der Waals surface area contributed by atoms with E-state index in [0.29, 0.717) is 29.6 Å². The quantitative estimate of drug-likeness (QED) is 0.503. The van der Waals surface area contributed by atoms with E-state index in [1.807, 2.05) is 35.2 Å². The highest BCUT2D eigenvalue weighted by molar-refractivity contribution is 6.30. The summed E-state index contributed by atoms with van der Waals surface area (Å²) in [6, 6.07) is 17.3. The zero-order chi connectivity index (χ0) is 24.1. The molecule has 3 aromatic rings. The maximum atomic E-state index is 13.1. The van der Waals surface area contributed by atoms with Gasteiger partial charge in [0.15, 0.2) is 0 Å². The molecule has 6 nitrogen and oxygen atoms in total. The van der Waals surface area contributed by atoms with E-state index in [4.69, 9.17) is 11.6 Å². The Balaban J connectivity index is 1.47. The van der Waals surface area contributed by atoms with Gasteiger partial charge in [-0.2, -0.15) is 5.10 Å². The molecule has 34 heavy (non-hydrogen) atoms. The summed E-state index contributed by atoms with van der Waals surface area (Å²) in [5.74, 6) is 0.385. The Morgan fingerprint density at radius 1 is 1.09 bits per heavy atom. The monoisotopic (exact) mass is 478 g/mol. The van der Waals surface area contributed by atoms with Crippen LogP contribution in [-0.2, 0) is 17.8 Å². The van der Waals surface area contributed by atoms with Crippen LogP contribution in [0.3, 0.4) is 0 Å². The van der Waals surface area contributed by atoms with Gasteiger partial charge in [-0.25, -0.2) is 0 Å². The van der Waals surface area contributed by atoms with Crippen molar-refractivity contribution in [1.82, 2.24) is 19.6 Å². The Bertz CT molecular complexity index is 1110.